The van der Waals surface area contributed by atoms with E-state index < -0.39 is 0 Å². The van der Waals surface area contributed by atoms with Gasteiger partial charge in [0.1, 0.15) is 0 Å². The van der Waals surface area contributed by atoms with Crippen LogP contribution < -0.4 is 5.32 Å². The van der Waals surface area contributed by atoms with Gasteiger partial charge in [0.05, 0.1) is 0 Å². The summed E-state index contributed by atoms with van der Waals surface area (Å²) in [5, 5.41) is 5.39. The van der Waals surface area contributed by atoms with Gasteiger partial charge in [0.15, 0.2) is 0 Å². The van der Waals surface area contributed by atoms with Gasteiger partial charge in [0, 0.05) is 28.0 Å². The number of rotatable bonds is 7. The number of hydrogen-bond donors (Lipinski definition) is 1. The number of hydrogen-bond acceptors (Lipinski definition) is 3. The van der Waals surface area contributed by atoms with Gasteiger partial charge < -0.3 is 5.32 Å². The maximum atomic E-state index is 3.83. The lowest BCUT2D eigenvalue weighted by Gasteiger charge is -2.36. The van der Waals surface area contributed by atoms with Crippen molar-refractivity contribution in [1.29, 1.82) is 0 Å². The Kier molecular flexibility index (Phi) is 7.48. The first-order chi connectivity index (χ1) is 10.2. The van der Waals surface area contributed by atoms with Crippen molar-refractivity contribution in [3.8, 4) is 0 Å². The highest BCUT2D eigenvalue weighted by Crippen LogP contribution is 2.36. The van der Waals surface area contributed by atoms with Gasteiger partial charge in [0.2, 0.25) is 0 Å². The normalized spacial score (nSPS) is 24.0. The third kappa shape index (κ3) is 5.22. The molecule has 2 rings (SSSR count). The first-order valence-electron chi connectivity index (χ1n) is 8.26. The van der Waals surface area contributed by atoms with Crippen molar-refractivity contribution < 1.29 is 0 Å². The summed E-state index contributed by atoms with van der Waals surface area (Å²) in [6.07, 6.45) is 3.67. The standard InChI is InChI=1S/C18H29NS2/c1-4-10-19-16(13-15-8-6-14(3)7-9-15)18-17(5-2)20-11-12-21-18/h6-9,16-19H,4-5,10-13H2,1-3H3. The molecule has 1 aromatic carbocycles. The molecule has 3 heteroatoms. The summed E-state index contributed by atoms with van der Waals surface area (Å²) in [5.74, 6) is 2.63. The quantitative estimate of drug-likeness (QED) is 0.791. The molecule has 1 heterocycles. The van der Waals surface area contributed by atoms with E-state index in [9.17, 15) is 0 Å². The molecule has 0 amide bonds. The van der Waals surface area contributed by atoms with Crippen molar-refractivity contribution in [3.63, 3.8) is 0 Å². The van der Waals surface area contributed by atoms with Crippen LogP contribution in [0, 0.1) is 6.92 Å². The average molecular weight is 324 g/mol. The minimum atomic E-state index is 0.607. The number of thioether (sulfide) groups is 2. The van der Waals surface area contributed by atoms with Crippen LogP contribution in [0.5, 0.6) is 0 Å². The Hall–Kier alpha value is -0.120. The molecule has 1 aromatic rings. The third-order valence-electron chi connectivity index (χ3n) is 4.12. The van der Waals surface area contributed by atoms with Crippen LogP contribution in [-0.4, -0.2) is 34.6 Å². The molecule has 1 aliphatic rings. The monoisotopic (exact) mass is 323 g/mol. The number of benzene rings is 1. The molecule has 118 valence electrons. The lowest BCUT2D eigenvalue weighted by molar-refractivity contribution is 0.477. The Bertz CT molecular complexity index is 404. The van der Waals surface area contributed by atoms with E-state index >= 15 is 0 Å². The summed E-state index contributed by atoms with van der Waals surface area (Å²) in [6, 6.07) is 9.70. The van der Waals surface area contributed by atoms with Gasteiger partial charge >= 0.3 is 0 Å². The summed E-state index contributed by atoms with van der Waals surface area (Å²) < 4.78 is 0. The van der Waals surface area contributed by atoms with Crippen LogP contribution in [0.15, 0.2) is 24.3 Å². The van der Waals surface area contributed by atoms with E-state index in [0.29, 0.717) is 6.04 Å². The van der Waals surface area contributed by atoms with Gasteiger partial charge in [-0.15, -0.1) is 0 Å². The molecule has 0 bridgehead atoms. The second-order valence-corrected chi connectivity index (χ2v) is 8.54. The average Bonchev–Trinajstić information content (AvgIpc) is 2.53. The molecule has 0 saturated carbocycles. The van der Waals surface area contributed by atoms with Crippen molar-refractivity contribution in [3.05, 3.63) is 35.4 Å². The zero-order valence-electron chi connectivity index (χ0n) is 13.6. The zero-order chi connectivity index (χ0) is 15.1. The first-order valence-corrected chi connectivity index (χ1v) is 10.4. The van der Waals surface area contributed by atoms with Gasteiger partial charge in [0.25, 0.3) is 0 Å². The molecule has 0 aromatic heterocycles. The van der Waals surface area contributed by atoms with E-state index in [4.69, 9.17) is 0 Å². The molecule has 0 spiro atoms. The van der Waals surface area contributed by atoms with Crippen LogP contribution in [0.25, 0.3) is 0 Å². The van der Waals surface area contributed by atoms with Gasteiger partial charge in [-0.2, -0.15) is 23.5 Å². The zero-order valence-corrected chi connectivity index (χ0v) is 15.2. The summed E-state index contributed by atoms with van der Waals surface area (Å²) in [6.45, 7) is 7.90. The Balaban J connectivity index is 2.06. The van der Waals surface area contributed by atoms with E-state index in [1.54, 1.807) is 0 Å². The predicted octanol–water partition coefficient (Wildman–Crippen LogP) is 4.53. The van der Waals surface area contributed by atoms with E-state index in [2.05, 4.69) is 73.9 Å². The SMILES string of the molecule is CCCNC(Cc1ccc(C)cc1)C1SCCSC1CC. The Morgan fingerprint density at radius 2 is 1.86 bits per heavy atom. The summed E-state index contributed by atoms with van der Waals surface area (Å²) in [4.78, 5) is 0. The Morgan fingerprint density at radius 3 is 2.52 bits per heavy atom. The van der Waals surface area contributed by atoms with Crippen LogP contribution in [0.4, 0.5) is 0 Å². The molecule has 0 aliphatic carbocycles. The van der Waals surface area contributed by atoms with Crippen molar-refractivity contribution >= 4 is 23.5 Å². The van der Waals surface area contributed by atoms with Crippen molar-refractivity contribution in [2.75, 3.05) is 18.1 Å². The molecule has 1 saturated heterocycles. The fourth-order valence-corrected chi connectivity index (χ4v) is 6.19. The Morgan fingerprint density at radius 1 is 1.14 bits per heavy atom. The molecular formula is C18H29NS2. The number of nitrogens with one attached hydrogen (secondary N) is 1. The summed E-state index contributed by atoms with van der Waals surface area (Å²) >= 11 is 4.38. The van der Waals surface area contributed by atoms with Crippen LogP contribution >= 0.6 is 23.5 Å². The smallest absolute Gasteiger partial charge is 0.0323 e. The Labute approximate surface area is 139 Å². The molecule has 1 aliphatic heterocycles. The predicted molar refractivity (Wildman–Crippen MR) is 99.7 cm³/mol. The van der Waals surface area contributed by atoms with Crippen molar-refractivity contribution in [1.82, 2.24) is 5.32 Å². The molecular weight excluding hydrogens is 294 g/mol. The fraction of sp³-hybridized carbons (Fsp3) is 0.667. The summed E-state index contributed by atoms with van der Waals surface area (Å²) in [5.41, 5.74) is 2.83. The maximum absolute atomic E-state index is 3.83. The fourth-order valence-electron chi connectivity index (χ4n) is 2.92. The molecule has 3 unspecified atom stereocenters. The molecule has 3 atom stereocenters. The highest BCUT2D eigenvalue weighted by Gasteiger charge is 2.31. The molecule has 21 heavy (non-hydrogen) atoms. The lowest BCUT2D eigenvalue weighted by atomic mass is 9.99. The molecule has 0 radical (unpaired) electrons. The minimum absolute atomic E-state index is 0.607. The van der Waals surface area contributed by atoms with Gasteiger partial charge in [-0.25, -0.2) is 0 Å². The van der Waals surface area contributed by atoms with Gasteiger partial charge in [-0.05, 0) is 38.3 Å². The van der Waals surface area contributed by atoms with E-state index in [1.807, 2.05) is 0 Å². The van der Waals surface area contributed by atoms with Crippen molar-refractivity contribution in [2.45, 2.75) is 56.6 Å². The largest absolute Gasteiger partial charge is 0.313 e. The maximum Gasteiger partial charge on any atom is 0.0323 e. The van der Waals surface area contributed by atoms with Crippen LogP contribution in [0.3, 0.4) is 0 Å². The van der Waals surface area contributed by atoms with E-state index in [-0.39, 0.29) is 0 Å². The minimum Gasteiger partial charge on any atom is -0.313 e. The topological polar surface area (TPSA) is 12.0 Å². The van der Waals surface area contributed by atoms with Crippen LogP contribution in [0.2, 0.25) is 0 Å². The summed E-state index contributed by atoms with van der Waals surface area (Å²) in [7, 11) is 0. The first kappa shape index (κ1) is 17.2. The second-order valence-electron chi connectivity index (χ2n) is 5.90. The highest BCUT2D eigenvalue weighted by molar-refractivity contribution is 8.07. The van der Waals surface area contributed by atoms with Crippen molar-refractivity contribution in [2.24, 2.45) is 0 Å². The lowest BCUT2D eigenvalue weighted by Crippen LogP contribution is -2.46. The molecule has 1 N–H and O–H groups in total. The van der Waals surface area contributed by atoms with E-state index in [0.717, 1.165) is 23.5 Å². The molecule has 1 nitrogen and oxygen atoms in total. The van der Waals surface area contributed by atoms with Gasteiger partial charge in [-0.1, -0.05) is 43.7 Å². The van der Waals surface area contributed by atoms with Crippen LogP contribution in [-0.2, 0) is 6.42 Å². The highest BCUT2D eigenvalue weighted by atomic mass is 32.2. The van der Waals surface area contributed by atoms with Gasteiger partial charge in [-0.3, -0.25) is 0 Å². The third-order valence-corrected chi connectivity index (χ3v) is 7.53. The molecule has 1 fully saturated rings. The number of aryl methyl sites for hydroxylation is 1. The second kappa shape index (κ2) is 9.12. The van der Waals surface area contributed by atoms with E-state index in [1.165, 1.54) is 35.5 Å². The van der Waals surface area contributed by atoms with Crippen LogP contribution in [0.1, 0.15) is 37.8 Å².